The molecule has 1 atom stereocenters. The maximum Gasteiger partial charge on any atom is 0.253 e. The van der Waals surface area contributed by atoms with Gasteiger partial charge in [0.05, 0.1) is 27.8 Å². The monoisotopic (exact) mass is 299 g/mol. The van der Waals surface area contributed by atoms with Crippen LogP contribution in [-0.4, -0.2) is 15.9 Å². The van der Waals surface area contributed by atoms with Gasteiger partial charge in [-0.1, -0.05) is 12.1 Å². The number of hydrogen-bond donors (Lipinski definition) is 2. The minimum atomic E-state index is -0.0685. The maximum absolute atomic E-state index is 12.5. The molecule has 3 rings (SSSR count). The van der Waals surface area contributed by atoms with Crippen LogP contribution in [0.5, 0.6) is 0 Å². The largest absolute Gasteiger partial charge is 0.361 e. The van der Waals surface area contributed by atoms with Gasteiger partial charge >= 0.3 is 0 Å². The van der Waals surface area contributed by atoms with Crippen LogP contribution in [0.4, 0.5) is 0 Å². The van der Waals surface area contributed by atoms with Gasteiger partial charge in [0.1, 0.15) is 0 Å². The highest BCUT2D eigenvalue weighted by Crippen LogP contribution is 2.25. The summed E-state index contributed by atoms with van der Waals surface area (Å²) in [6.45, 7) is 5.95. The van der Waals surface area contributed by atoms with Crippen LogP contribution in [0.2, 0.25) is 0 Å². The Bertz CT molecular complexity index is 803. The highest BCUT2D eigenvalue weighted by molar-refractivity contribution is 7.11. The highest BCUT2D eigenvalue weighted by Gasteiger charge is 2.17. The number of H-pyrrole nitrogens is 1. The fraction of sp³-hybridized carbons (Fsp3) is 0.250. The molecule has 0 spiro atoms. The predicted octanol–water partition coefficient (Wildman–Crippen LogP) is 3.73. The molecule has 4 nitrogen and oxygen atoms in total. The Morgan fingerprint density at radius 1 is 1.33 bits per heavy atom. The van der Waals surface area contributed by atoms with Crippen LogP contribution in [0.15, 0.2) is 30.5 Å². The lowest BCUT2D eigenvalue weighted by Crippen LogP contribution is -2.26. The molecule has 1 unspecified atom stereocenters. The Labute approximate surface area is 127 Å². The Morgan fingerprint density at radius 3 is 2.86 bits per heavy atom. The average Bonchev–Trinajstić information content (AvgIpc) is 3.04. The standard InChI is InChI=1S/C16H17N3OS/c1-9-15(21-11(3)18-9)10(2)19-16(20)13-6-4-5-12-7-8-17-14(12)13/h4-8,10,17H,1-3H3,(H,19,20). The molecule has 1 amide bonds. The van der Waals surface area contributed by atoms with E-state index in [1.54, 1.807) is 11.3 Å². The Morgan fingerprint density at radius 2 is 2.14 bits per heavy atom. The van der Waals surface area contributed by atoms with Crippen LogP contribution in [0, 0.1) is 13.8 Å². The van der Waals surface area contributed by atoms with Gasteiger partial charge in [-0.15, -0.1) is 11.3 Å². The first-order valence-corrected chi connectivity index (χ1v) is 7.69. The molecule has 3 aromatic rings. The van der Waals surface area contributed by atoms with Gasteiger partial charge in [-0.2, -0.15) is 0 Å². The van der Waals surface area contributed by atoms with E-state index in [1.165, 1.54) is 0 Å². The summed E-state index contributed by atoms with van der Waals surface area (Å²) in [4.78, 5) is 21.2. The first-order chi connectivity index (χ1) is 10.1. The number of para-hydroxylation sites is 1. The van der Waals surface area contributed by atoms with E-state index in [0.29, 0.717) is 5.56 Å². The second kappa shape index (κ2) is 5.33. The third-order valence-corrected chi connectivity index (χ3v) is 4.77. The second-order valence-corrected chi connectivity index (χ2v) is 6.36. The van der Waals surface area contributed by atoms with Crippen LogP contribution >= 0.6 is 11.3 Å². The number of thiazole rings is 1. The summed E-state index contributed by atoms with van der Waals surface area (Å²) in [5.41, 5.74) is 2.53. The van der Waals surface area contributed by atoms with Gasteiger partial charge in [-0.3, -0.25) is 4.79 Å². The van der Waals surface area contributed by atoms with Crippen LogP contribution < -0.4 is 5.32 Å². The molecule has 0 saturated carbocycles. The van der Waals surface area contributed by atoms with Gasteiger partial charge in [0, 0.05) is 16.5 Å². The van der Waals surface area contributed by atoms with Crippen molar-refractivity contribution in [2.45, 2.75) is 26.8 Å². The fourth-order valence-electron chi connectivity index (χ4n) is 2.56. The van der Waals surface area contributed by atoms with Crippen molar-refractivity contribution in [2.24, 2.45) is 0 Å². The smallest absolute Gasteiger partial charge is 0.253 e. The van der Waals surface area contributed by atoms with Crippen LogP contribution in [-0.2, 0) is 0 Å². The van der Waals surface area contributed by atoms with E-state index in [-0.39, 0.29) is 11.9 Å². The predicted molar refractivity (Wildman–Crippen MR) is 85.8 cm³/mol. The van der Waals surface area contributed by atoms with Gasteiger partial charge < -0.3 is 10.3 Å². The Hall–Kier alpha value is -2.14. The van der Waals surface area contributed by atoms with E-state index >= 15 is 0 Å². The SMILES string of the molecule is Cc1nc(C)c(C(C)NC(=O)c2cccc3cc[nH]c23)s1. The molecule has 2 N–H and O–H groups in total. The number of aromatic nitrogens is 2. The zero-order valence-corrected chi connectivity index (χ0v) is 13.0. The molecule has 0 radical (unpaired) electrons. The third kappa shape index (κ3) is 2.56. The fourth-order valence-corrected chi connectivity index (χ4v) is 3.49. The van der Waals surface area contributed by atoms with Crippen molar-refractivity contribution in [3.8, 4) is 0 Å². The number of aryl methyl sites for hydroxylation is 2. The molecule has 0 aliphatic carbocycles. The zero-order chi connectivity index (χ0) is 15.0. The van der Waals surface area contributed by atoms with Gasteiger partial charge in [-0.05, 0) is 32.9 Å². The molecule has 0 aliphatic heterocycles. The molecule has 0 bridgehead atoms. The quantitative estimate of drug-likeness (QED) is 0.774. The van der Waals surface area contributed by atoms with Crippen molar-refractivity contribution in [2.75, 3.05) is 0 Å². The minimum Gasteiger partial charge on any atom is -0.361 e. The molecular formula is C16H17N3OS. The van der Waals surface area contributed by atoms with Crippen LogP contribution in [0.25, 0.3) is 10.9 Å². The molecule has 5 heteroatoms. The Kier molecular flexibility index (Phi) is 3.51. The van der Waals surface area contributed by atoms with Crippen molar-refractivity contribution >= 4 is 28.1 Å². The number of aromatic amines is 1. The summed E-state index contributed by atoms with van der Waals surface area (Å²) < 4.78 is 0. The summed E-state index contributed by atoms with van der Waals surface area (Å²) in [6, 6.07) is 7.65. The normalized spacial score (nSPS) is 12.5. The second-order valence-electron chi connectivity index (χ2n) is 5.13. The maximum atomic E-state index is 12.5. The van der Waals surface area contributed by atoms with E-state index in [9.17, 15) is 4.79 Å². The number of carbonyl (C=O) groups excluding carboxylic acids is 1. The van der Waals surface area contributed by atoms with Gasteiger partial charge in [0.2, 0.25) is 0 Å². The minimum absolute atomic E-state index is 0.0473. The van der Waals surface area contributed by atoms with Crippen molar-refractivity contribution < 1.29 is 4.79 Å². The van der Waals surface area contributed by atoms with Gasteiger partial charge in [-0.25, -0.2) is 4.98 Å². The lowest BCUT2D eigenvalue weighted by molar-refractivity contribution is 0.0942. The number of nitrogens with zero attached hydrogens (tertiary/aromatic N) is 1. The molecule has 21 heavy (non-hydrogen) atoms. The van der Waals surface area contributed by atoms with E-state index in [2.05, 4.69) is 15.3 Å². The lowest BCUT2D eigenvalue weighted by Gasteiger charge is -2.13. The molecule has 2 aromatic heterocycles. The first kappa shape index (κ1) is 13.8. The highest BCUT2D eigenvalue weighted by atomic mass is 32.1. The molecule has 108 valence electrons. The number of amides is 1. The van der Waals surface area contributed by atoms with Crippen molar-refractivity contribution in [3.63, 3.8) is 0 Å². The summed E-state index contributed by atoms with van der Waals surface area (Å²) in [7, 11) is 0. The molecule has 0 fully saturated rings. The topological polar surface area (TPSA) is 57.8 Å². The van der Waals surface area contributed by atoms with Crippen molar-refractivity contribution in [3.05, 3.63) is 51.6 Å². The molecule has 0 saturated heterocycles. The Balaban J connectivity index is 1.86. The van der Waals surface area contributed by atoms with Crippen LogP contribution in [0.3, 0.4) is 0 Å². The molecule has 1 aromatic carbocycles. The van der Waals surface area contributed by atoms with Gasteiger partial charge in [0.25, 0.3) is 5.91 Å². The molecular weight excluding hydrogens is 282 g/mol. The number of carbonyl (C=O) groups is 1. The summed E-state index contributed by atoms with van der Waals surface area (Å²) >= 11 is 1.63. The number of rotatable bonds is 3. The van der Waals surface area contributed by atoms with E-state index in [4.69, 9.17) is 0 Å². The van der Waals surface area contributed by atoms with Crippen molar-refractivity contribution in [1.29, 1.82) is 0 Å². The molecule has 2 heterocycles. The number of benzene rings is 1. The summed E-state index contributed by atoms with van der Waals surface area (Å²) in [5.74, 6) is -0.0685. The zero-order valence-electron chi connectivity index (χ0n) is 12.2. The van der Waals surface area contributed by atoms with E-state index in [0.717, 1.165) is 26.5 Å². The first-order valence-electron chi connectivity index (χ1n) is 6.87. The lowest BCUT2D eigenvalue weighted by atomic mass is 10.1. The number of fused-ring (bicyclic) bond motifs is 1. The number of hydrogen-bond acceptors (Lipinski definition) is 3. The third-order valence-electron chi connectivity index (χ3n) is 3.51. The van der Waals surface area contributed by atoms with Crippen LogP contribution in [0.1, 0.15) is 38.9 Å². The summed E-state index contributed by atoms with van der Waals surface area (Å²) in [5, 5.41) is 5.13. The number of nitrogens with one attached hydrogen (secondary N) is 2. The average molecular weight is 299 g/mol. The van der Waals surface area contributed by atoms with E-state index in [1.807, 2.05) is 51.2 Å². The summed E-state index contributed by atoms with van der Waals surface area (Å²) in [6.07, 6.45) is 1.85. The van der Waals surface area contributed by atoms with Gasteiger partial charge in [0.15, 0.2) is 0 Å². The molecule has 0 aliphatic rings. The van der Waals surface area contributed by atoms with E-state index < -0.39 is 0 Å². The van der Waals surface area contributed by atoms with Crippen molar-refractivity contribution in [1.82, 2.24) is 15.3 Å².